The lowest BCUT2D eigenvalue weighted by Gasteiger charge is -2.07. The molecule has 108 valence electrons. The van der Waals surface area contributed by atoms with E-state index < -0.39 is 4.92 Å². The molecule has 0 aromatic heterocycles. The van der Waals surface area contributed by atoms with E-state index in [0.29, 0.717) is 11.3 Å². The Morgan fingerprint density at radius 2 is 1.67 bits per heavy atom. The molecule has 0 radical (unpaired) electrons. The molecule has 2 rings (SSSR count). The summed E-state index contributed by atoms with van der Waals surface area (Å²) in [7, 11) is 0. The number of rotatable bonds is 5. The Bertz CT molecular complexity index is 657. The van der Waals surface area contributed by atoms with Gasteiger partial charge in [0.1, 0.15) is 5.75 Å². The first-order chi connectivity index (χ1) is 9.95. The van der Waals surface area contributed by atoms with Gasteiger partial charge in [-0.15, -0.1) is 0 Å². The highest BCUT2D eigenvalue weighted by atomic mass is 16.6. The molecule has 0 N–H and O–H groups in total. The molecule has 0 fully saturated rings. The second-order valence-corrected chi connectivity index (χ2v) is 4.84. The molecular weight excluding hydrogens is 270 g/mol. The Kier molecular flexibility index (Phi) is 4.33. The number of carbonyl (C=O) groups is 1. The zero-order valence-electron chi connectivity index (χ0n) is 11.8. The second-order valence-electron chi connectivity index (χ2n) is 4.84. The highest BCUT2D eigenvalue weighted by Gasteiger charge is 2.10. The van der Waals surface area contributed by atoms with Gasteiger partial charge < -0.3 is 4.74 Å². The molecule has 0 spiro atoms. The van der Waals surface area contributed by atoms with Crippen LogP contribution in [0.1, 0.15) is 21.5 Å². The molecule has 0 bridgehead atoms. The van der Waals surface area contributed by atoms with E-state index >= 15 is 0 Å². The van der Waals surface area contributed by atoms with Crippen molar-refractivity contribution in [2.45, 2.75) is 13.8 Å². The normalized spacial score (nSPS) is 10.2. The third-order valence-corrected chi connectivity index (χ3v) is 2.97. The number of ketones is 1. The third-order valence-electron chi connectivity index (χ3n) is 2.97. The standard InChI is InChI=1S/C16H15NO4/c1-11-7-12(2)9-15(8-11)21-10-16(18)13-3-5-14(6-4-13)17(19)20/h3-9H,10H2,1-2H3. The maximum atomic E-state index is 12.0. The molecule has 2 aromatic rings. The maximum Gasteiger partial charge on any atom is 0.269 e. The molecule has 0 amide bonds. The summed E-state index contributed by atoms with van der Waals surface area (Å²) in [4.78, 5) is 22.0. The maximum absolute atomic E-state index is 12.0. The number of hydrogen-bond acceptors (Lipinski definition) is 4. The van der Waals surface area contributed by atoms with Gasteiger partial charge in [0, 0.05) is 17.7 Å². The topological polar surface area (TPSA) is 69.4 Å². The first-order valence-electron chi connectivity index (χ1n) is 6.44. The van der Waals surface area contributed by atoms with Crippen molar-refractivity contribution < 1.29 is 14.5 Å². The predicted molar refractivity (Wildman–Crippen MR) is 78.8 cm³/mol. The van der Waals surface area contributed by atoms with Crippen LogP contribution in [0.4, 0.5) is 5.69 Å². The molecule has 5 nitrogen and oxygen atoms in total. The summed E-state index contributed by atoms with van der Waals surface area (Å²) in [5.41, 5.74) is 2.48. The zero-order chi connectivity index (χ0) is 15.4. The van der Waals surface area contributed by atoms with E-state index in [1.165, 1.54) is 24.3 Å². The molecule has 0 saturated heterocycles. The van der Waals surface area contributed by atoms with Gasteiger partial charge in [-0.2, -0.15) is 0 Å². The van der Waals surface area contributed by atoms with Crippen molar-refractivity contribution in [1.82, 2.24) is 0 Å². The van der Waals surface area contributed by atoms with Crippen molar-refractivity contribution in [2.24, 2.45) is 0 Å². The Balaban J connectivity index is 2.02. The molecular formula is C16H15NO4. The molecule has 21 heavy (non-hydrogen) atoms. The zero-order valence-corrected chi connectivity index (χ0v) is 11.8. The summed E-state index contributed by atoms with van der Waals surface area (Å²) in [5.74, 6) is 0.423. The number of benzene rings is 2. The van der Waals surface area contributed by atoms with Gasteiger partial charge in [-0.05, 0) is 49.2 Å². The van der Waals surface area contributed by atoms with Crippen LogP contribution in [0.25, 0.3) is 0 Å². The lowest BCUT2D eigenvalue weighted by molar-refractivity contribution is -0.384. The summed E-state index contributed by atoms with van der Waals surface area (Å²) >= 11 is 0. The summed E-state index contributed by atoms with van der Waals surface area (Å²) in [6.45, 7) is 3.82. The van der Waals surface area contributed by atoms with Gasteiger partial charge in [-0.1, -0.05) is 6.07 Å². The van der Waals surface area contributed by atoms with Gasteiger partial charge in [0.2, 0.25) is 0 Å². The van der Waals surface area contributed by atoms with Crippen LogP contribution in [0.15, 0.2) is 42.5 Å². The minimum absolute atomic E-state index is 0.0400. The number of ether oxygens (including phenoxy) is 1. The quantitative estimate of drug-likeness (QED) is 0.479. The van der Waals surface area contributed by atoms with Crippen molar-refractivity contribution in [1.29, 1.82) is 0 Å². The van der Waals surface area contributed by atoms with E-state index in [1.54, 1.807) is 0 Å². The van der Waals surface area contributed by atoms with E-state index in [-0.39, 0.29) is 18.1 Å². The Morgan fingerprint density at radius 1 is 1.10 bits per heavy atom. The van der Waals surface area contributed by atoms with E-state index in [0.717, 1.165) is 11.1 Å². The largest absolute Gasteiger partial charge is 0.485 e. The lowest BCUT2D eigenvalue weighted by atomic mass is 10.1. The van der Waals surface area contributed by atoms with Crippen molar-refractivity contribution in [2.75, 3.05) is 6.61 Å². The molecule has 0 unspecified atom stereocenters. The van der Waals surface area contributed by atoms with Crippen LogP contribution in [-0.4, -0.2) is 17.3 Å². The van der Waals surface area contributed by atoms with Gasteiger partial charge in [-0.3, -0.25) is 14.9 Å². The average molecular weight is 285 g/mol. The highest BCUT2D eigenvalue weighted by Crippen LogP contribution is 2.17. The molecule has 0 aliphatic heterocycles. The average Bonchev–Trinajstić information content (AvgIpc) is 2.44. The Morgan fingerprint density at radius 3 is 2.19 bits per heavy atom. The van der Waals surface area contributed by atoms with E-state index in [1.807, 2.05) is 32.0 Å². The van der Waals surface area contributed by atoms with Gasteiger partial charge >= 0.3 is 0 Å². The van der Waals surface area contributed by atoms with Crippen LogP contribution in [0.3, 0.4) is 0 Å². The molecule has 0 atom stereocenters. The van der Waals surface area contributed by atoms with Gasteiger partial charge in [-0.25, -0.2) is 0 Å². The van der Waals surface area contributed by atoms with Crippen LogP contribution in [0.2, 0.25) is 0 Å². The Hall–Kier alpha value is -2.69. The number of Topliss-reactive ketones (excluding diaryl/α,β-unsaturated/α-hetero) is 1. The van der Waals surface area contributed by atoms with Gasteiger partial charge in [0.15, 0.2) is 12.4 Å². The molecule has 2 aromatic carbocycles. The Labute approximate surface area is 122 Å². The number of hydrogen-bond donors (Lipinski definition) is 0. The number of nitro groups is 1. The third kappa shape index (κ3) is 3.89. The van der Waals surface area contributed by atoms with Crippen LogP contribution in [0.5, 0.6) is 5.75 Å². The first kappa shape index (κ1) is 14.7. The van der Waals surface area contributed by atoms with Crippen molar-refractivity contribution in [3.63, 3.8) is 0 Å². The van der Waals surface area contributed by atoms with Crippen LogP contribution < -0.4 is 4.74 Å². The molecule has 0 aliphatic rings. The SMILES string of the molecule is Cc1cc(C)cc(OCC(=O)c2ccc([N+](=O)[O-])cc2)c1. The second kappa shape index (κ2) is 6.17. The fourth-order valence-electron chi connectivity index (χ4n) is 2.02. The number of non-ortho nitro benzene ring substituents is 1. The minimum atomic E-state index is -0.500. The number of aryl methyl sites for hydroxylation is 2. The molecule has 5 heteroatoms. The summed E-state index contributed by atoms with van der Waals surface area (Å²) in [5, 5.41) is 10.6. The molecule has 0 aliphatic carbocycles. The van der Waals surface area contributed by atoms with Crippen molar-refractivity contribution in [3.05, 3.63) is 69.3 Å². The number of nitrogens with zero attached hydrogens (tertiary/aromatic N) is 1. The van der Waals surface area contributed by atoms with Crippen molar-refractivity contribution in [3.8, 4) is 5.75 Å². The summed E-state index contributed by atoms with van der Waals surface area (Å²) < 4.78 is 5.48. The van der Waals surface area contributed by atoms with Gasteiger partial charge in [0.05, 0.1) is 4.92 Å². The van der Waals surface area contributed by atoms with E-state index in [2.05, 4.69) is 0 Å². The molecule has 0 heterocycles. The minimum Gasteiger partial charge on any atom is -0.485 e. The fraction of sp³-hybridized carbons (Fsp3) is 0.188. The van der Waals surface area contributed by atoms with Crippen molar-refractivity contribution >= 4 is 11.5 Å². The smallest absolute Gasteiger partial charge is 0.269 e. The predicted octanol–water partition coefficient (Wildman–Crippen LogP) is 3.47. The number of nitro benzene ring substituents is 1. The molecule has 0 saturated carbocycles. The first-order valence-corrected chi connectivity index (χ1v) is 6.44. The highest BCUT2D eigenvalue weighted by molar-refractivity contribution is 5.97. The van der Waals surface area contributed by atoms with E-state index in [4.69, 9.17) is 4.74 Å². The summed E-state index contributed by atoms with van der Waals surface area (Å²) in [6.07, 6.45) is 0. The number of carbonyl (C=O) groups excluding carboxylic acids is 1. The van der Waals surface area contributed by atoms with Crippen LogP contribution in [0, 0.1) is 24.0 Å². The van der Waals surface area contributed by atoms with Gasteiger partial charge in [0.25, 0.3) is 5.69 Å². The lowest BCUT2D eigenvalue weighted by Crippen LogP contribution is -2.11. The fourth-order valence-corrected chi connectivity index (χ4v) is 2.02. The van der Waals surface area contributed by atoms with Crippen LogP contribution >= 0.6 is 0 Å². The monoisotopic (exact) mass is 285 g/mol. The van der Waals surface area contributed by atoms with E-state index in [9.17, 15) is 14.9 Å². The summed E-state index contributed by atoms with van der Waals surface area (Å²) in [6, 6.07) is 11.2. The van der Waals surface area contributed by atoms with Crippen LogP contribution in [-0.2, 0) is 0 Å².